The number of ether oxygens (including phenoxy) is 2. The number of carbonyl (C=O) groups excluding carboxylic acids is 1. The number of hydrogen-bond acceptors (Lipinski definition) is 5. The number of anilines is 1. The molecule has 8 heteroatoms. The third-order valence-electron chi connectivity index (χ3n) is 3.96. The fourth-order valence-electron chi connectivity index (χ4n) is 2.77. The van der Waals surface area contributed by atoms with Gasteiger partial charge in [0, 0.05) is 17.5 Å². The van der Waals surface area contributed by atoms with Gasteiger partial charge in [-0.15, -0.1) is 0 Å². The number of para-hydroxylation sites is 1. The van der Waals surface area contributed by atoms with E-state index in [-0.39, 0.29) is 17.9 Å². The molecule has 0 atom stereocenters. The van der Waals surface area contributed by atoms with Gasteiger partial charge in [-0.05, 0) is 12.1 Å². The van der Waals surface area contributed by atoms with Crippen molar-refractivity contribution in [1.29, 1.82) is 0 Å². The summed E-state index contributed by atoms with van der Waals surface area (Å²) in [6, 6.07) is 10.2. The Bertz CT molecular complexity index is 1060. The number of aromatic nitrogens is 2. The quantitative estimate of drug-likeness (QED) is 0.764. The van der Waals surface area contributed by atoms with Crippen LogP contribution in [0.1, 0.15) is 0 Å². The number of carbonyl (C=O) groups is 1. The summed E-state index contributed by atoms with van der Waals surface area (Å²) in [7, 11) is 0. The predicted octanol–water partition coefficient (Wildman–Crippen LogP) is 2.46. The van der Waals surface area contributed by atoms with E-state index in [0.29, 0.717) is 46.3 Å². The number of fused-ring (bicyclic) bond motifs is 2. The van der Waals surface area contributed by atoms with E-state index in [1.807, 2.05) is 0 Å². The van der Waals surface area contributed by atoms with E-state index in [1.54, 1.807) is 36.4 Å². The largest absolute Gasteiger partial charge is 0.486 e. The van der Waals surface area contributed by atoms with Crippen LogP contribution in [0, 0.1) is 0 Å². The highest BCUT2D eigenvalue weighted by atomic mass is 35.5. The van der Waals surface area contributed by atoms with E-state index in [1.165, 1.54) is 10.9 Å². The Labute approximate surface area is 153 Å². The summed E-state index contributed by atoms with van der Waals surface area (Å²) in [6.45, 7) is 0.834. The maximum atomic E-state index is 12.5. The minimum absolute atomic E-state index is 0.0639. The monoisotopic (exact) mass is 371 g/mol. The highest BCUT2D eigenvalue weighted by Crippen LogP contribution is 2.37. The van der Waals surface area contributed by atoms with Crippen LogP contribution >= 0.6 is 11.6 Å². The lowest BCUT2D eigenvalue weighted by atomic mass is 10.2. The summed E-state index contributed by atoms with van der Waals surface area (Å²) in [4.78, 5) is 24.3. The topological polar surface area (TPSA) is 82.5 Å². The maximum Gasteiger partial charge on any atom is 0.246 e. The molecule has 3 aromatic rings. The van der Waals surface area contributed by atoms with Crippen LogP contribution in [0.15, 0.2) is 47.4 Å². The third kappa shape index (κ3) is 3.09. The van der Waals surface area contributed by atoms with E-state index >= 15 is 0 Å². The molecule has 7 nitrogen and oxygen atoms in total. The molecule has 0 saturated heterocycles. The zero-order valence-electron chi connectivity index (χ0n) is 13.6. The molecule has 2 heterocycles. The normalized spacial score (nSPS) is 12.8. The summed E-state index contributed by atoms with van der Waals surface area (Å²) in [5, 5.41) is 7.64. The van der Waals surface area contributed by atoms with E-state index in [4.69, 9.17) is 21.1 Å². The maximum absolute atomic E-state index is 12.5. The molecule has 0 unspecified atom stereocenters. The first-order chi connectivity index (χ1) is 12.6. The summed E-state index contributed by atoms with van der Waals surface area (Å²) in [5.74, 6) is 0.750. The van der Waals surface area contributed by atoms with Crippen LogP contribution in [-0.2, 0) is 11.3 Å². The number of hydrogen-bond donors (Lipinski definition) is 1. The van der Waals surface area contributed by atoms with Gasteiger partial charge in [0.1, 0.15) is 19.8 Å². The van der Waals surface area contributed by atoms with Crippen LogP contribution in [0.5, 0.6) is 11.5 Å². The van der Waals surface area contributed by atoms with Gasteiger partial charge in [0.25, 0.3) is 0 Å². The van der Waals surface area contributed by atoms with Gasteiger partial charge in [0.2, 0.25) is 11.3 Å². The fourth-order valence-corrected chi connectivity index (χ4v) is 2.97. The molecule has 0 saturated carbocycles. The van der Waals surface area contributed by atoms with Gasteiger partial charge in [-0.3, -0.25) is 14.3 Å². The number of benzene rings is 2. The Morgan fingerprint density at radius 1 is 1.19 bits per heavy atom. The van der Waals surface area contributed by atoms with Crippen molar-refractivity contribution in [3.05, 3.63) is 57.8 Å². The van der Waals surface area contributed by atoms with Crippen LogP contribution < -0.4 is 20.2 Å². The van der Waals surface area contributed by atoms with E-state index < -0.39 is 0 Å². The van der Waals surface area contributed by atoms with Crippen molar-refractivity contribution in [3.8, 4) is 11.5 Å². The lowest BCUT2D eigenvalue weighted by molar-refractivity contribution is -0.116. The number of nitrogens with one attached hydrogen (secondary N) is 1. The molecular formula is C18H14ClN3O4. The first-order valence-corrected chi connectivity index (χ1v) is 8.33. The van der Waals surface area contributed by atoms with Gasteiger partial charge in [-0.2, -0.15) is 5.10 Å². The Hall–Kier alpha value is -3.06. The Balaban J connectivity index is 1.59. The second-order valence-corrected chi connectivity index (χ2v) is 6.11. The highest BCUT2D eigenvalue weighted by molar-refractivity contribution is 6.34. The molecule has 4 rings (SSSR count). The zero-order valence-corrected chi connectivity index (χ0v) is 14.3. The SMILES string of the molecule is O=C(Cn1ncc(=O)c2ccccc21)Nc1cc2c(cc1Cl)OCCO2. The van der Waals surface area contributed by atoms with Gasteiger partial charge in [-0.1, -0.05) is 23.7 Å². The molecule has 2 aromatic carbocycles. The van der Waals surface area contributed by atoms with Crippen molar-refractivity contribution in [3.63, 3.8) is 0 Å². The zero-order chi connectivity index (χ0) is 18.1. The molecule has 0 spiro atoms. The average Bonchev–Trinajstić information content (AvgIpc) is 2.65. The Kier molecular flexibility index (Phi) is 4.22. The first kappa shape index (κ1) is 16.4. The fraction of sp³-hybridized carbons (Fsp3) is 0.167. The Morgan fingerprint density at radius 2 is 1.92 bits per heavy atom. The van der Waals surface area contributed by atoms with Crippen LogP contribution in [0.4, 0.5) is 5.69 Å². The molecule has 132 valence electrons. The third-order valence-corrected chi connectivity index (χ3v) is 4.27. The molecule has 1 amide bonds. The smallest absolute Gasteiger partial charge is 0.246 e. The average molecular weight is 372 g/mol. The molecule has 0 aliphatic carbocycles. The minimum Gasteiger partial charge on any atom is -0.486 e. The number of rotatable bonds is 3. The summed E-state index contributed by atoms with van der Waals surface area (Å²) in [5.41, 5.74) is 0.821. The molecule has 1 aliphatic heterocycles. The predicted molar refractivity (Wildman–Crippen MR) is 97.1 cm³/mol. The van der Waals surface area contributed by atoms with E-state index in [2.05, 4.69) is 10.4 Å². The minimum atomic E-state index is -0.329. The number of nitrogens with zero attached hydrogens (tertiary/aromatic N) is 2. The van der Waals surface area contributed by atoms with E-state index in [9.17, 15) is 9.59 Å². The van der Waals surface area contributed by atoms with Gasteiger partial charge < -0.3 is 14.8 Å². The molecule has 26 heavy (non-hydrogen) atoms. The van der Waals surface area contributed by atoms with Crippen LogP contribution in [0.2, 0.25) is 5.02 Å². The van der Waals surface area contributed by atoms with Crippen molar-refractivity contribution in [2.75, 3.05) is 18.5 Å². The summed E-state index contributed by atoms with van der Waals surface area (Å²) in [6.07, 6.45) is 1.20. The van der Waals surface area contributed by atoms with E-state index in [0.717, 1.165) is 0 Å². The van der Waals surface area contributed by atoms with Gasteiger partial charge in [0.15, 0.2) is 11.5 Å². The van der Waals surface area contributed by atoms with Crippen molar-refractivity contribution >= 4 is 34.1 Å². The van der Waals surface area contributed by atoms with Crippen molar-refractivity contribution < 1.29 is 14.3 Å². The van der Waals surface area contributed by atoms with Crippen LogP contribution in [-0.4, -0.2) is 28.9 Å². The van der Waals surface area contributed by atoms with Crippen LogP contribution in [0.3, 0.4) is 0 Å². The standard InChI is InChI=1S/C18H14ClN3O4/c19-12-7-16-17(26-6-5-25-16)8-13(12)21-18(24)10-22-14-4-2-1-3-11(14)15(23)9-20-22/h1-4,7-9H,5-6,10H2,(H,21,24). The summed E-state index contributed by atoms with van der Waals surface area (Å²) >= 11 is 6.21. The van der Waals surface area contributed by atoms with Gasteiger partial charge in [0.05, 0.1) is 22.4 Å². The summed E-state index contributed by atoms with van der Waals surface area (Å²) < 4.78 is 12.4. The van der Waals surface area contributed by atoms with Crippen molar-refractivity contribution in [2.45, 2.75) is 6.54 Å². The highest BCUT2D eigenvalue weighted by Gasteiger charge is 2.17. The molecular weight excluding hydrogens is 358 g/mol. The van der Waals surface area contributed by atoms with Crippen LogP contribution in [0.25, 0.3) is 10.9 Å². The molecule has 1 N–H and O–H groups in total. The second-order valence-electron chi connectivity index (χ2n) is 5.71. The number of amides is 1. The lowest BCUT2D eigenvalue weighted by Gasteiger charge is -2.20. The first-order valence-electron chi connectivity index (χ1n) is 7.96. The molecule has 1 aliphatic rings. The second kappa shape index (κ2) is 6.68. The molecule has 0 bridgehead atoms. The molecule has 1 aromatic heterocycles. The lowest BCUT2D eigenvalue weighted by Crippen LogP contribution is -2.23. The Morgan fingerprint density at radius 3 is 2.73 bits per heavy atom. The van der Waals surface area contributed by atoms with Crippen molar-refractivity contribution in [2.24, 2.45) is 0 Å². The molecule has 0 fully saturated rings. The van der Waals surface area contributed by atoms with Gasteiger partial charge in [-0.25, -0.2) is 0 Å². The van der Waals surface area contributed by atoms with Gasteiger partial charge >= 0.3 is 0 Å². The molecule has 0 radical (unpaired) electrons. The number of halogens is 1. The van der Waals surface area contributed by atoms with Crippen molar-refractivity contribution in [1.82, 2.24) is 9.78 Å².